The highest BCUT2D eigenvalue weighted by Gasteiger charge is 2.47. The van der Waals surface area contributed by atoms with Gasteiger partial charge in [0.1, 0.15) is 6.04 Å². The van der Waals surface area contributed by atoms with Crippen LogP contribution in [0.4, 0.5) is 16.2 Å². The second-order valence-electron chi connectivity index (χ2n) is 11.8. The van der Waals surface area contributed by atoms with Gasteiger partial charge in [0, 0.05) is 12.6 Å². The maximum absolute atomic E-state index is 14.9. The van der Waals surface area contributed by atoms with Crippen LogP contribution in [0.3, 0.4) is 0 Å². The molecule has 11 heteroatoms. The van der Waals surface area contributed by atoms with Crippen LogP contribution in [-0.4, -0.2) is 54.1 Å². The number of benzene rings is 3. The van der Waals surface area contributed by atoms with Crippen molar-refractivity contribution in [2.45, 2.75) is 64.1 Å². The van der Waals surface area contributed by atoms with Gasteiger partial charge in [-0.25, -0.2) is 23.2 Å². The molecule has 0 aliphatic carbocycles. The molecule has 0 spiro atoms. The lowest BCUT2D eigenvalue weighted by molar-refractivity contribution is -0.181. The molecule has 0 bridgehead atoms. The van der Waals surface area contributed by atoms with Gasteiger partial charge < -0.3 is 5.73 Å². The van der Waals surface area contributed by atoms with Gasteiger partial charge in [0.05, 0.1) is 23.5 Å². The summed E-state index contributed by atoms with van der Waals surface area (Å²) in [7, 11) is -3.61. The minimum absolute atomic E-state index is 0.210. The van der Waals surface area contributed by atoms with Crippen molar-refractivity contribution < 1.29 is 22.8 Å². The van der Waals surface area contributed by atoms with Crippen LogP contribution in [0.2, 0.25) is 0 Å². The van der Waals surface area contributed by atoms with Gasteiger partial charge in [-0.05, 0) is 68.9 Å². The van der Waals surface area contributed by atoms with E-state index >= 15 is 0 Å². The molecule has 3 atom stereocenters. The maximum atomic E-state index is 14.9. The van der Waals surface area contributed by atoms with Gasteiger partial charge in [-0.1, -0.05) is 66.7 Å². The molecular formula is C32H39N5O5S. The zero-order valence-corrected chi connectivity index (χ0v) is 25.9. The van der Waals surface area contributed by atoms with Crippen molar-refractivity contribution in [3.63, 3.8) is 0 Å². The molecule has 3 unspecified atom stereocenters. The Morgan fingerprint density at radius 2 is 1.49 bits per heavy atom. The van der Waals surface area contributed by atoms with Gasteiger partial charge in [0.2, 0.25) is 15.9 Å². The molecule has 4 amide bonds. The van der Waals surface area contributed by atoms with Crippen LogP contribution < -0.4 is 15.4 Å². The van der Waals surface area contributed by atoms with Crippen LogP contribution in [-0.2, 0) is 19.6 Å². The highest BCUT2D eigenvalue weighted by atomic mass is 32.2. The Morgan fingerprint density at radius 1 is 0.907 bits per heavy atom. The second kappa shape index (κ2) is 12.5. The molecule has 43 heavy (non-hydrogen) atoms. The summed E-state index contributed by atoms with van der Waals surface area (Å²) in [6, 6.07) is 22.9. The normalized spacial score (nSPS) is 19.3. The molecular weight excluding hydrogens is 566 g/mol. The SMILES string of the molecule is CC(=O)N(N1C(=O)C(N(C(N)=O)c2cccc(NS(C)(=O)=O)c2)CC(c2ccccc2)CC1c1ccccc1)C(C)(C)C. The predicted octanol–water partition coefficient (Wildman–Crippen LogP) is 5.02. The molecule has 1 heterocycles. The Kier molecular flexibility index (Phi) is 9.15. The summed E-state index contributed by atoms with van der Waals surface area (Å²) in [5, 5.41) is 2.97. The molecule has 228 valence electrons. The quantitative estimate of drug-likeness (QED) is 0.390. The van der Waals surface area contributed by atoms with E-state index in [0.717, 1.165) is 17.4 Å². The number of sulfonamides is 1. The van der Waals surface area contributed by atoms with Crippen LogP contribution in [0, 0.1) is 0 Å². The third kappa shape index (κ3) is 7.34. The maximum Gasteiger partial charge on any atom is 0.320 e. The molecule has 3 N–H and O–H groups in total. The lowest BCUT2D eigenvalue weighted by Gasteiger charge is -2.47. The molecule has 0 saturated carbocycles. The van der Waals surface area contributed by atoms with Gasteiger partial charge in [-0.15, -0.1) is 0 Å². The topological polar surface area (TPSA) is 133 Å². The van der Waals surface area contributed by atoms with E-state index in [0.29, 0.717) is 6.42 Å². The zero-order chi connectivity index (χ0) is 31.5. The zero-order valence-electron chi connectivity index (χ0n) is 25.1. The highest BCUT2D eigenvalue weighted by molar-refractivity contribution is 7.92. The fourth-order valence-electron chi connectivity index (χ4n) is 5.89. The number of nitrogens with two attached hydrogens (primary N) is 1. The molecule has 0 radical (unpaired) electrons. The van der Waals surface area contributed by atoms with E-state index in [4.69, 9.17) is 5.73 Å². The van der Waals surface area contributed by atoms with Gasteiger partial charge in [0.15, 0.2) is 0 Å². The van der Waals surface area contributed by atoms with Gasteiger partial charge in [-0.3, -0.25) is 19.2 Å². The molecule has 4 rings (SSSR count). The Hall–Kier alpha value is -4.38. The Morgan fingerprint density at radius 3 is 2.00 bits per heavy atom. The molecule has 10 nitrogen and oxygen atoms in total. The predicted molar refractivity (Wildman–Crippen MR) is 167 cm³/mol. The number of carbonyl (C=O) groups is 3. The van der Waals surface area contributed by atoms with E-state index in [1.54, 1.807) is 18.2 Å². The van der Waals surface area contributed by atoms with E-state index in [1.807, 2.05) is 81.4 Å². The molecule has 1 aliphatic heterocycles. The smallest absolute Gasteiger partial charge is 0.320 e. The van der Waals surface area contributed by atoms with Crippen LogP contribution >= 0.6 is 0 Å². The van der Waals surface area contributed by atoms with Crippen molar-refractivity contribution in [3.05, 3.63) is 96.1 Å². The first-order valence-electron chi connectivity index (χ1n) is 14.1. The molecule has 1 saturated heterocycles. The van der Waals surface area contributed by atoms with Crippen molar-refractivity contribution >= 4 is 39.2 Å². The lowest BCUT2D eigenvalue weighted by Crippen LogP contribution is -2.62. The van der Waals surface area contributed by atoms with E-state index in [-0.39, 0.29) is 29.6 Å². The number of nitrogens with zero attached hydrogens (tertiary/aromatic N) is 3. The number of urea groups is 1. The first kappa shape index (κ1) is 31.6. The average Bonchev–Trinajstić information content (AvgIpc) is 3.05. The largest absolute Gasteiger partial charge is 0.351 e. The third-order valence-corrected chi connectivity index (χ3v) is 8.01. The number of hydrogen-bond acceptors (Lipinski definition) is 5. The molecule has 3 aromatic carbocycles. The first-order chi connectivity index (χ1) is 20.2. The van der Waals surface area contributed by atoms with Crippen molar-refractivity contribution in [2.75, 3.05) is 15.9 Å². The highest BCUT2D eigenvalue weighted by Crippen LogP contribution is 2.43. The summed E-state index contributed by atoms with van der Waals surface area (Å²) in [4.78, 5) is 42.6. The van der Waals surface area contributed by atoms with Crippen LogP contribution in [0.1, 0.15) is 63.6 Å². The van der Waals surface area contributed by atoms with Crippen LogP contribution in [0.15, 0.2) is 84.9 Å². The van der Waals surface area contributed by atoms with Crippen LogP contribution in [0.5, 0.6) is 0 Å². The summed E-state index contributed by atoms with van der Waals surface area (Å²) >= 11 is 0. The molecule has 0 aromatic heterocycles. The Labute approximate surface area is 253 Å². The minimum Gasteiger partial charge on any atom is -0.351 e. The Bertz CT molecular complexity index is 1570. The van der Waals surface area contributed by atoms with Crippen molar-refractivity contribution in [3.8, 4) is 0 Å². The van der Waals surface area contributed by atoms with Crippen molar-refractivity contribution in [2.24, 2.45) is 5.73 Å². The summed E-state index contributed by atoms with van der Waals surface area (Å²) in [5.41, 5.74) is 7.48. The van der Waals surface area contributed by atoms with E-state index in [2.05, 4.69) is 4.72 Å². The van der Waals surface area contributed by atoms with E-state index in [9.17, 15) is 22.8 Å². The number of rotatable bonds is 7. The van der Waals surface area contributed by atoms with Gasteiger partial charge >= 0.3 is 6.03 Å². The number of hydrogen-bond donors (Lipinski definition) is 2. The summed E-state index contributed by atoms with van der Waals surface area (Å²) in [6.45, 7) is 6.97. The first-order valence-corrected chi connectivity index (χ1v) is 16.0. The summed E-state index contributed by atoms with van der Waals surface area (Å²) < 4.78 is 26.3. The van der Waals surface area contributed by atoms with Crippen molar-refractivity contribution in [1.82, 2.24) is 10.0 Å². The average molecular weight is 606 g/mol. The fraction of sp³-hybridized carbons (Fsp3) is 0.344. The van der Waals surface area contributed by atoms with Gasteiger partial charge in [-0.2, -0.15) is 0 Å². The summed E-state index contributed by atoms with van der Waals surface area (Å²) in [5.74, 6) is -1.01. The number of carbonyl (C=O) groups excluding carboxylic acids is 3. The molecule has 1 fully saturated rings. The lowest BCUT2D eigenvalue weighted by atomic mass is 9.86. The Balaban J connectivity index is 1.95. The van der Waals surface area contributed by atoms with Crippen LogP contribution in [0.25, 0.3) is 0 Å². The second-order valence-corrected chi connectivity index (χ2v) is 13.6. The minimum atomic E-state index is -3.61. The van der Waals surface area contributed by atoms with Gasteiger partial charge in [0.25, 0.3) is 5.91 Å². The summed E-state index contributed by atoms with van der Waals surface area (Å²) in [6.07, 6.45) is 1.71. The molecule has 1 aliphatic rings. The number of amides is 4. The number of primary amides is 1. The number of nitrogens with one attached hydrogen (secondary N) is 1. The van der Waals surface area contributed by atoms with Crippen molar-refractivity contribution in [1.29, 1.82) is 0 Å². The fourth-order valence-corrected chi connectivity index (χ4v) is 6.44. The number of hydrazine groups is 1. The standard InChI is InChI=1S/C32H39N5O5S/c1-22(38)37(32(2,3)4)36-28(24-15-10-7-11-16-24)19-25(23-13-8-6-9-14-23)20-29(30(36)39)35(31(33)40)27-18-12-17-26(21-27)34-43(5,41)42/h6-18,21,25,28-29,34H,19-20H2,1-5H3,(H2,33,40). The van der Waals surface area contributed by atoms with E-state index < -0.39 is 39.6 Å². The molecule has 3 aromatic rings. The monoisotopic (exact) mass is 605 g/mol. The third-order valence-electron chi connectivity index (χ3n) is 7.40. The number of anilines is 2. The van der Waals surface area contributed by atoms with E-state index in [1.165, 1.54) is 27.9 Å².